The van der Waals surface area contributed by atoms with Gasteiger partial charge in [0, 0.05) is 199 Å². The molecule has 0 saturated carbocycles. The van der Waals surface area contributed by atoms with Crippen molar-refractivity contribution in [1.29, 1.82) is 0 Å². The summed E-state index contributed by atoms with van der Waals surface area (Å²) in [6.45, 7) is -1.58. The van der Waals surface area contributed by atoms with Gasteiger partial charge in [-0.15, -0.1) is 0 Å². The molecule has 28 nitrogen and oxygen atoms in total. The Bertz CT molecular complexity index is 3340. The minimum atomic E-state index is -5.04. The molecule has 0 spiro atoms. The number of rotatable bonds is 22. The summed E-state index contributed by atoms with van der Waals surface area (Å²) < 4.78 is 136. The van der Waals surface area contributed by atoms with E-state index in [-0.39, 0.29) is 283 Å². The van der Waals surface area contributed by atoms with Crippen molar-refractivity contribution in [2.24, 2.45) is 9.98 Å². The molecule has 0 aliphatic carbocycles. The Morgan fingerprint density at radius 3 is 1.07 bits per heavy atom. The maximum absolute atomic E-state index is 12.8. The first kappa shape index (κ1) is 70.3. The van der Waals surface area contributed by atoms with E-state index in [0.717, 1.165) is 48.6 Å². The minimum absolute atomic E-state index is 0. The van der Waals surface area contributed by atoms with Crippen LogP contribution in [0.1, 0.15) is 11.1 Å². The normalized spacial score (nSPS) is 12.2. The summed E-state index contributed by atoms with van der Waals surface area (Å²) in [5, 5.41) is 44.3. The van der Waals surface area contributed by atoms with Gasteiger partial charge in [-0.3, -0.25) is 28.2 Å². The van der Waals surface area contributed by atoms with Crippen molar-refractivity contribution in [1.82, 2.24) is 29.9 Å². The molecule has 0 fully saturated rings. The number of aliphatic hydroxyl groups excluding tert-OH is 4. The molecule has 4 radical (unpaired) electrons. The number of aromatic nitrogens is 6. The number of nitrogens with zero attached hydrogens (tertiary/aromatic N) is 8. The number of hydrogen-bond acceptors (Lipinski definition) is 22. The molecule has 2 aromatic heterocycles. The zero-order valence-corrected chi connectivity index (χ0v) is 54.5. The van der Waals surface area contributed by atoms with Gasteiger partial charge in [-0.2, -0.15) is 53.6 Å². The molecule has 6 rings (SSSR count). The summed E-state index contributed by atoms with van der Waals surface area (Å²) in [5.41, 5.74) is -0.541. The average molecular weight is 1200 g/mol. The van der Waals surface area contributed by atoms with E-state index >= 15 is 0 Å². The second-order valence-electron chi connectivity index (χ2n) is 14.7. The van der Waals surface area contributed by atoms with Crippen molar-refractivity contribution in [3.63, 3.8) is 0 Å². The van der Waals surface area contributed by atoms with Crippen LogP contribution in [-0.2, 0) is 40.5 Å². The Morgan fingerprint density at radius 2 is 0.789 bits per heavy atom. The molecule has 12 N–H and O–H groups in total. The first-order valence-corrected chi connectivity index (χ1v) is 26.3. The molecule has 36 heteroatoms. The first-order chi connectivity index (χ1) is 34.0. The summed E-state index contributed by atoms with van der Waals surface area (Å²) in [5.74, 6) is -0.277. The Morgan fingerprint density at radius 1 is 0.474 bits per heavy atom. The molecular weight excluding hydrogens is 1160 g/mol. The monoisotopic (exact) mass is 1200 g/mol. The van der Waals surface area contributed by atoms with Gasteiger partial charge in [-0.05, 0) is 83.9 Å². The number of anilines is 6. The van der Waals surface area contributed by atoms with Gasteiger partial charge in [0.15, 0.2) is 0 Å². The SMILES string of the molecule is O=S(=O)(O)c1ccc(Nc2nc(N(CCO)CCO)[nH]c(=Nc3ccc(C=Cc4ccc(N=c5nc(Nc6ccc(S(=O)(=O)O)cc6)nc(N(CCO)CCO)[nH]5)cc4S(=O)(=O)O)c(S(=O)(=O)O)c3)n2)cc1.[K].[K].[Na].[Na]. The van der Waals surface area contributed by atoms with Crippen LogP contribution in [0, 0.1) is 0 Å². The van der Waals surface area contributed by atoms with Gasteiger partial charge < -0.3 is 40.9 Å². The van der Waals surface area contributed by atoms with Gasteiger partial charge in [0.05, 0.1) is 47.6 Å². The van der Waals surface area contributed by atoms with Gasteiger partial charge in [-0.1, -0.05) is 24.3 Å². The van der Waals surface area contributed by atoms with Crippen LogP contribution in [-0.4, -0.2) is 317 Å². The second kappa shape index (κ2) is 31.4. The number of nitrogens with one attached hydrogen (secondary N) is 4. The topological polar surface area (TPSA) is 437 Å². The van der Waals surface area contributed by atoms with E-state index in [0.29, 0.717) is 0 Å². The number of aromatic amines is 2. The van der Waals surface area contributed by atoms with Crippen LogP contribution in [0.15, 0.2) is 114 Å². The fraction of sp³-hybridized carbons (Fsp3) is 0.200. The van der Waals surface area contributed by atoms with E-state index in [4.69, 9.17) is 0 Å². The van der Waals surface area contributed by atoms with Crippen LogP contribution < -0.4 is 31.7 Å². The molecule has 0 bridgehead atoms. The summed E-state index contributed by atoms with van der Waals surface area (Å²) in [6.07, 6.45) is 2.25. The molecule has 0 aliphatic heterocycles. The molecular formula is C40H44K2N12Na2O16S4. The van der Waals surface area contributed by atoms with Crippen molar-refractivity contribution >= 4 is 261 Å². The van der Waals surface area contributed by atoms with Crippen LogP contribution in [0.5, 0.6) is 0 Å². The van der Waals surface area contributed by atoms with Crippen molar-refractivity contribution < 1.29 is 72.3 Å². The van der Waals surface area contributed by atoms with Gasteiger partial charge in [-0.25, -0.2) is 9.98 Å². The van der Waals surface area contributed by atoms with E-state index in [9.17, 15) is 72.3 Å². The second-order valence-corrected chi connectivity index (χ2v) is 20.3. The van der Waals surface area contributed by atoms with E-state index in [2.05, 4.69) is 50.5 Å². The van der Waals surface area contributed by atoms with Crippen molar-refractivity contribution in [2.75, 3.05) is 73.0 Å². The number of hydrogen-bond donors (Lipinski definition) is 12. The molecule has 76 heavy (non-hydrogen) atoms. The molecule has 0 atom stereocenters. The van der Waals surface area contributed by atoms with Crippen LogP contribution in [0.3, 0.4) is 0 Å². The Balaban J connectivity index is 0.00000494. The molecule has 2 heterocycles. The molecule has 0 unspecified atom stereocenters. The quantitative estimate of drug-likeness (QED) is 0.0222. The van der Waals surface area contributed by atoms with Gasteiger partial charge in [0.2, 0.25) is 35.0 Å². The zero-order valence-electron chi connectivity index (χ0n) is 40.9. The van der Waals surface area contributed by atoms with Crippen LogP contribution in [0.25, 0.3) is 12.2 Å². The smallest absolute Gasteiger partial charge is 0.295 e. The summed E-state index contributed by atoms with van der Waals surface area (Å²) in [4.78, 5) is 32.2. The molecule has 0 aliphatic rings. The van der Waals surface area contributed by atoms with E-state index < -0.39 is 60.1 Å². The summed E-state index contributed by atoms with van der Waals surface area (Å²) >= 11 is 0. The van der Waals surface area contributed by atoms with Gasteiger partial charge >= 0.3 is 0 Å². The zero-order chi connectivity index (χ0) is 52.4. The van der Waals surface area contributed by atoms with Crippen LogP contribution >= 0.6 is 0 Å². The number of H-pyrrole nitrogens is 2. The third kappa shape index (κ3) is 20.6. The molecule has 4 aromatic carbocycles. The summed E-state index contributed by atoms with van der Waals surface area (Å²) in [7, 11) is -19.1. The van der Waals surface area contributed by atoms with E-state index in [1.54, 1.807) is 0 Å². The average Bonchev–Trinajstić information content (AvgIpc) is 3.30. The third-order valence-electron chi connectivity index (χ3n) is 9.65. The maximum atomic E-state index is 12.8. The third-order valence-corrected chi connectivity index (χ3v) is 13.2. The fourth-order valence-electron chi connectivity index (χ4n) is 6.42. The van der Waals surface area contributed by atoms with E-state index in [1.165, 1.54) is 58.3 Å². The summed E-state index contributed by atoms with van der Waals surface area (Å²) in [6, 6.07) is 16.6. The van der Waals surface area contributed by atoms with Crippen molar-refractivity contribution in [3.05, 3.63) is 107 Å². The largest absolute Gasteiger partial charge is 0.395 e. The van der Waals surface area contributed by atoms with Gasteiger partial charge in [0.25, 0.3) is 40.5 Å². The molecule has 388 valence electrons. The first-order valence-electron chi connectivity index (χ1n) is 20.6. The Kier molecular flexibility index (Phi) is 29.1. The fourth-order valence-corrected chi connectivity index (χ4v) is 8.79. The molecule has 6 aromatic rings. The standard InChI is InChI=1S/C40H44N12O16S4.2K.2Na/c53-19-15-51(16-20-54)39-47-35(41-27-7-11-31(12-8-27)69(57,58)59)45-37(49-39)43-29-5-3-25(33(23-29)71(63,64)65)1-2-26-4-6-30(24-34(26)72(66,67)68)44-38-46-36(48-40(50-38)52(17-21-55)18-22-56)42-28-9-13-32(14-10-28)70(60,61)62;;;;/h1-14,23-24,53-56H,15-22H2,(H,57,58,59)(H,60,61,62)(H,63,64,65)(H,66,67,68)(H2,41,43,45,47,49)(H2,42,44,46,48,50);;;;. The van der Waals surface area contributed by atoms with Crippen LogP contribution in [0.4, 0.5) is 46.5 Å². The van der Waals surface area contributed by atoms with Crippen LogP contribution in [0.2, 0.25) is 0 Å². The predicted octanol–water partition coefficient (Wildman–Crippen LogP) is -0.909. The maximum Gasteiger partial charge on any atom is 0.295 e. The predicted molar refractivity (Wildman–Crippen MR) is 280 cm³/mol. The van der Waals surface area contributed by atoms with Gasteiger partial charge in [0.1, 0.15) is 9.79 Å². The number of aliphatic hydroxyl groups is 4. The van der Waals surface area contributed by atoms with E-state index in [1.807, 2.05) is 0 Å². The van der Waals surface area contributed by atoms with Crippen molar-refractivity contribution in [3.8, 4) is 0 Å². The Labute approximate surface area is 564 Å². The molecule has 0 saturated heterocycles. The Hall–Kier alpha value is -1.81. The minimum Gasteiger partial charge on any atom is -0.395 e. The molecule has 0 amide bonds. The van der Waals surface area contributed by atoms with Crippen molar-refractivity contribution in [2.45, 2.75) is 19.6 Å². The number of benzene rings is 4.